The first kappa shape index (κ1) is 23.2. The second-order valence-electron chi connectivity index (χ2n) is 7.34. The summed E-state index contributed by atoms with van der Waals surface area (Å²) in [5.74, 6) is 0. The lowest BCUT2D eigenvalue weighted by Crippen LogP contribution is -2.35. The zero-order chi connectivity index (χ0) is 22.9. The maximum atomic E-state index is 12.2. The van der Waals surface area contributed by atoms with Crippen LogP contribution in [0.25, 0.3) is 21.3 Å². The molecule has 32 heavy (non-hydrogen) atoms. The lowest BCUT2D eigenvalue weighted by Gasteiger charge is -2.14. The maximum Gasteiger partial charge on any atom is 0.321 e. The first-order chi connectivity index (χ1) is 15.2. The van der Waals surface area contributed by atoms with Crippen molar-refractivity contribution in [2.45, 2.75) is 17.7 Å². The van der Waals surface area contributed by atoms with E-state index < -0.39 is 15.0 Å². The third-order valence-corrected chi connectivity index (χ3v) is 7.94. The Kier molecular flexibility index (Phi) is 6.89. The molecule has 4 rings (SSSR count). The van der Waals surface area contributed by atoms with E-state index in [1.165, 1.54) is 30.2 Å². The van der Waals surface area contributed by atoms with Crippen molar-refractivity contribution in [2.75, 3.05) is 31.5 Å². The predicted octanol–water partition coefficient (Wildman–Crippen LogP) is 4.73. The molecule has 0 atom stereocenters. The SMILES string of the molecule is O=C(NCCN1CCCC1)Nc1nc2ccc(-c3ccc(Cl)c(S(=O)(=O)O)c3Cl)cc2s1. The average molecular weight is 515 g/mol. The zero-order valence-corrected chi connectivity index (χ0v) is 19.9. The number of anilines is 1. The van der Waals surface area contributed by atoms with Crippen LogP contribution in [0.3, 0.4) is 0 Å². The number of nitrogens with one attached hydrogen (secondary N) is 2. The molecule has 0 radical (unpaired) electrons. The molecule has 2 aromatic carbocycles. The van der Waals surface area contributed by atoms with E-state index in [-0.39, 0.29) is 16.1 Å². The maximum absolute atomic E-state index is 12.2. The number of fused-ring (bicyclic) bond motifs is 1. The van der Waals surface area contributed by atoms with Crippen molar-refractivity contribution in [2.24, 2.45) is 0 Å². The van der Waals surface area contributed by atoms with Crippen LogP contribution in [0, 0.1) is 0 Å². The fourth-order valence-electron chi connectivity index (χ4n) is 3.61. The first-order valence-corrected chi connectivity index (χ1v) is 12.9. The lowest BCUT2D eigenvalue weighted by atomic mass is 10.1. The topological polar surface area (TPSA) is 112 Å². The van der Waals surface area contributed by atoms with Gasteiger partial charge < -0.3 is 10.2 Å². The number of nitrogens with zero attached hydrogens (tertiary/aromatic N) is 2. The monoisotopic (exact) mass is 514 g/mol. The minimum atomic E-state index is -4.59. The van der Waals surface area contributed by atoms with E-state index >= 15 is 0 Å². The van der Waals surface area contributed by atoms with Crippen LogP contribution in [0.15, 0.2) is 35.2 Å². The Bertz CT molecular complexity index is 1270. The van der Waals surface area contributed by atoms with Crippen LogP contribution in [0.2, 0.25) is 10.0 Å². The number of benzene rings is 2. The van der Waals surface area contributed by atoms with Gasteiger partial charge in [0.25, 0.3) is 10.1 Å². The molecule has 1 aromatic heterocycles. The Labute approximate surface area is 199 Å². The van der Waals surface area contributed by atoms with Crippen LogP contribution in [-0.4, -0.2) is 55.1 Å². The normalized spacial score (nSPS) is 14.7. The van der Waals surface area contributed by atoms with Gasteiger partial charge in [-0.05, 0) is 49.7 Å². The highest BCUT2D eigenvalue weighted by Crippen LogP contribution is 2.39. The summed E-state index contributed by atoms with van der Waals surface area (Å²) in [4.78, 5) is 18.4. The molecule has 0 spiro atoms. The highest BCUT2D eigenvalue weighted by atomic mass is 35.5. The largest absolute Gasteiger partial charge is 0.337 e. The first-order valence-electron chi connectivity index (χ1n) is 9.86. The molecule has 1 saturated heterocycles. The summed E-state index contributed by atoms with van der Waals surface area (Å²) < 4.78 is 33.5. The van der Waals surface area contributed by atoms with Crippen LogP contribution >= 0.6 is 34.5 Å². The van der Waals surface area contributed by atoms with E-state index in [4.69, 9.17) is 23.2 Å². The van der Waals surface area contributed by atoms with Crippen molar-refractivity contribution in [3.05, 3.63) is 40.4 Å². The molecule has 3 aromatic rings. The fraction of sp³-hybridized carbons (Fsp3) is 0.300. The van der Waals surface area contributed by atoms with Gasteiger partial charge in [0.1, 0.15) is 4.90 Å². The zero-order valence-electron chi connectivity index (χ0n) is 16.8. The molecule has 0 saturated carbocycles. The van der Waals surface area contributed by atoms with E-state index in [9.17, 15) is 17.8 Å². The van der Waals surface area contributed by atoms with Gasteiger partial charge in [-0.2, -0.15) is 8.42 Å². The minimum absolute atomic E-state index is 0.164. The molecule has 12 heteroatoms. The van der Waals surface area contributed by atoms with Crippen molar-refractivity contribution in [3.8, 4) is 11.1 Å². The summed E-state index contributed by atoms with van der Waals surface area (Å²) in [5.41, 5.74) is 1.69. The number of amides is 2. The number of likely N-dealkylation sites (tertiary alicyclic amines) is 1. The molecular weight excluding hydrogens is 495 g/mol. The van der Waals surface area contributed by atoms with Crippen molar-refractivity contribution >= 4 is 66.0 Å². The van der Waals surface area contributed by atoms with Crippen LogP contribution in [0.1, 0.15) is 12.8 Å². The van der Waals surface area contributed by atoms with E-state index in [2.05, 4.69) is 20.5 Å². The van der Waals surface area contributed by atoms with Gasteiger partial charge >= 0.3 is 6.03 Å². The number of carbonyl (C=O) groups excluding carboxylic acids is 1. The fourth-order valence-corrected chi connectivity index (χ4v) is 6.23. The Morgan fingerprint density at radius 2 is 1.94 bits per heavy atom. The van der Waals surface area contributed by atoms with Crippen LogP contribution in [0.4, 0.5) is 9.93 Å². The second kappa shape index (κ2) is 9.50. The van der Waals surface area contributed by atoms with Gasteiger partial charge in [-0.3, -0.25) is 9.87 Å². The molecule has 1 fully saturated rings. The molecule has 0 bridgehead atoms. The molecule has 0 aliphatic carbocycles. The third-order valence-electron chi connectivity index (χ3n) is 5.14. The summed E-state index contributed by atoms with van der Waals surface area (Å²) >= 11 is 13.4. The minimum Gasteiger partial charge on any atom is -0.337 e. The van der Waals surface area contributed by atoms with Crippen LogP contribution < -0.4 is 10.6 Å². The van der Waals surface area contributed by atoms with Gasteiger partial charge in [0.05, 0.1) is 20.3 Å². The van der Waals surface area contributed by atoms with E-state index in [1.54, 1.807) is 24.3 Å². The molecule has 2 heterocycles. The summed E-state index contributed by atoms with van der Waals surface area (Å²) in [5, 5.41) is 5.69. The molecular formula is C20H20Cl2N4O4S2. The second-order valence-corrected chi connectivity index (χ2v) is 10.5. The van der Waals surface area contributed by atoms with Gasteiger partial charge in [0.2, 0.25) is 0 Å². The average Bonchev–Trinajstić information content (AvgIpc) is 3.35. The van der Waals surface area contributed by atoms with Gasteiger partial charge in [0.15, 0.2) is 5.13 Å². The number of thiazole rings is 1. The lowest BCUT2D eigenvalue weighted by molar-refractivity contribution is 0.249. The Balaban J connectivity index is 1.50. The van der Waals surface area contributed by atoms with Gasteiger partial charge in [0, 0.05) is 18.7 Å². The quantitative estimate of drug-likeness (QED) is 0.409. The van der Waals surface area contributed by atoms with E-state index in [1.807, 2.05) is 0 Å². The highest BCUT2D eigenvalue weighted by Gasteiger charge is 2.22. The van der Waals surface area contributed by atoms with Crippen molar-refractivity contribution in [1.29, 1.82) is 0 Å². The van der Waals surface area contributed by atoms with E-state index in [0.717, 1.165) is 24.3 Å². The molecule has 3 N–H and O–H groups in total. The molecule has 0 unspecified atom stereocenters. The molecule has 8 nitrogen and oxygen atoms in total. The molecule has 1 aliphatic heterocycles. The van der Waals surface area contributed by atoms with E-state index in [0.29, 0.717) is 28.3 Å². The number of halogens is 2. The van der Waals surface area contributed by atoms with Gasteiger partial charge in [-0.15, -0.1) is 0 Å². The predicted molar refractivity (Wildman–Crippen MR) is 128 cm³/mol. The number of urea groups is 1. The summed E-state index contributed by atoms with van der Waals surface area (Å²) in [7, 11) is -4.59. The Morgan fingerprint density at radius 3 is 2.66 bits per heavy atom. The third kappa shape index (κ3) is 5.16. The smallest absolute Gasteiger partial charge is 0.321 e. The number of hydrogen-bond donors (Lipinski definition) is 3. The summed E-state index contributed by atoms with van der Waals surface area (Å²) in [6.45, 7) is 3.54. The Morgan fingerprint density at radius 1 is 1.19 bits per heavy atom. The number of carbonyl (C=O) groups is 1. The standard InChI is InChI=1S/C20H20Cl2N4O4S2/c21-14-5-4-13(17(22)18(14)32(28,29)30)12-3-6-15-16(11-12)31-20(24-15)25-19(27)23-7-10-26-8-1-2-9-26/h3-6,11H,1-2,7-10H2,(H,28,29,30)(H2,23,24,25,27). The summed E-state index contributed by atoms with van der Waals surface area (Å²) in [6, 6.07) is 7.88. The molecule has 2 amide bonds. The number of aromatic nitrogens is 1. The van der Waals surface area contributed by atoms with Crippen molar-refractivity contribution in [3.63, 3.8) is 0 Å². The number of hydrogen-bond acceptors (Lipinski definition) is 6. The van der Waals surface area contributed by atoms with Gasteiger partial charge in [-0.25, -0.2) is 9.78 Å². The van der Waals surface area contributed by atoms with Crippen molar-refractivity contribution in [1.82, 2.24) is 15.2 Å². The number of rotatable bonds is 6. The summed E-state index contributed by atoms with van der Waals surface area (Å²) in [6.07, 6.45) is 2.41. The van der Waals surface area contributed by atoms with Crippen LogP contribution in [0.5, 0.6) is 0 Å². The van der Waals surface area contributed by atoms with Gasteiger partial charge in [-0.1, -0.05) is 46.7 Å². The molecule has 170 valence electrons. The Hall–Kier alpha value is -1.95. The molecule has 1 aliphatic rings. The van der Waals surface area contributed by atoms with Crippen molar-refractivity contribution < 1.29 is 17.8 Å². The highest BCUT2D eigenvalue weighted by molar-refractivity contribution is 7.86. The van der Waals surface area contributed by atoms with Crippen LogP contribution in [-0.2, 0) is 10.1 Å².